The van der Waals surface area contributed by atoms with E-state index in [2.05, 4.69) is 30.3 Å². The van der Waals surface area contributed by atoms with Crippen molar-refractivity contribution >= 4 is 0 Å². The summed E-state index contributed by atoms with van der Waals surface area (Å²) >= 11 is 0. The van der Waals surface area contributed by atoms with E-state index in [4.69, 9.17) is 5.73 Å². The van der Waals surface area contributed by atoms with Gasteiger partial charge in [0, 0.05) is 18.3 Å². The van der Waals surface area contributed by atoms with Gasteiger partial charge in [-0.15, -0.1) is 0 Å². The number of rotatable bonds is 4. The van der Waals surface area contributed by atoms with Crippen LogP contribution in [0.3, 0.4) is 0 Å². The molecule has 0 amide bonds. The minimum atomic E-state index is 0.0593. The standard InChI is InChI=1S/C11H21N3/c1-5-8(2)10(4)14-7-13-6-11(14)9(3)12/h6-10H,5,12H2,1-4H3/t8?,9-,10?/m0/s1. The fraction of sp³-hybridized carbons (Fsp3) is 0.727. The van der Waals surface area contributed by atoms with Gasteiger partial charge in [0.2, 0.25) is 0 Å². The summed E-state index contributed by atoms with van der Waals surface area (Å²) in [6.45, 7) is 8.69. The van der Waals surface area contributed by atoms with Gasteiger partial charge in [0.1, 0.15) is 0 Å². The van der Waals surface area contributed by atoms with E-state index in [1.807, 2.05) is 19.4 Å². The topological polar surface area (TPSA) is 43.8 Å². The molecule has 0 saturated carbocycles. The van der Waals surface area contributed by atoms with Gasteiger partial charge in [0.05, 0.1) is 12.0 Å². The van der Waals surface area contributed by atoms with Crippen LogP contribution in [0.15, 0.2) is 12.5 Å². The molecule has 0 aliphatic heterocycles. The van der Waals surface area contributed by atoms with E-state index >= 15 is 0 Å². The van der Waals surface area contributed by atoms with Crippen LogP contribution in [-0.4, -0.2) is 9.55 Å². The Hall–Kier alpha value is -0.830. The Bertz CT molecular complexity index is 278. The summed E-state index contributed by atoms with van der Waals surface area (Å²) in [5.41, 5.74) is 7.00. The number of aromatic nitrogens is 2. The molecule has 1 aromatic heterocycles. The first kappa shape index (κ1) is 11.2. The van der Waals surface area contributed by atoms with Crippen LogP contribution < -0.4 is 5.73 Å². The molecule has 0 aliphatic carbocycles. The van der Waals surface area contributed by atoms with Crippen LogP contribution in [0, 0.1) is 5.92 Å². The molecule has 0 aliphatic rings. The SMILES string of the molecule is CCC(C)C(C)n1cncc1[C@H](C)N. The van der Waals surface area contributed by atoms with Crippen LogP contribution in [0.5, 0.6) is 0 Å². The molecule has 1 heterocycles. The second kappa shape index (κ2) is 4.60. The molecule has 0 fully saturated rings. The average molecular weight is 195 g/mol. The molecule has 0 bridgehead atoms. The lowest BCUT2D eigenvalue weighted by Crippen LogP contribution is -2.18. The van der Waals surface area contributed by atoms with Crippen LogP contribution >= 0.6 is 0 Å². The molecule has 80 valence electrons. The molecule has 1 aromatic rings. The summed E-state index contributed by atoms with van der Waals surface area (Å²) in [6.07, 6.45) is 4.93. The van der Waals surface area contributed by atoms with Crippen LogP contribution in [0.1, 0.15) is 51.9 Å². The summed E-state index contributed by atoms with van der Waals surface area (Å²) < 4.78 is 2.19. The molecule has 0 aromatic carbocycles. The minimum absolute atomic E-state index is 0.0593. The van der Waals surface area contributed by atoms with E-state index in [9.17, 15) is 0 Å². The normalized spacial score (nSPS) is 17.8. The Labute approximate surface area is 86.3 Å². The van der Waals surface area contributed by atoms with Gasteiger partial charge in [-0.25, -0.2) is 4.98 Å². The molecular formula is C11H21N3. The number of imidazole rings is 1. The number of nitrogens with two attached hydrogens (primary N) is 1. The van der Waals surface area contributed by atoms with Gasteiger partial charge in [-0.05, 0) is 19.8 Å². The Morgan fingerprint density at radius 1 is 1.43 bits per heavy atom. The zero-order valence-electron chi connectivity index (χ0n) is 9.57. The van der Waals surface area contributed by atoms with Crippen LogP contribution in [-0.2, 0) is 0 Å². The molecule has 3 nitrogen and oxygen atoms in total. The quantitative estimate of drug-likeness (QED) is 0.802. The van der Waals surface area contributed by atoms with E-state index < -0.39 is 0 Å². The first-order valence-electron chi connectivity index (χ1n) is 5.35. The summed E-state index contributed by atoms with van der Waals surface area (Å²) in [7, 11) is 0. The van der Waals surface area contributed by atoms with Gasteiger partial charge in [-0.1, -0.05) is 20.3 Å². The fourth-order valence-corrected chi connectivity index (χ4v) is 1.62. The lowest BCUT2D eigenvalue weighted by molar-refractivity contribution is 0.358. The highest BCUT2D eigenvalue weighted by atomic mass is 15.1. The van der Waals surface area contributed by atoms with Crippen molar-refractivity contribution in [3.8, 4) is 0 Å². The first-order chi connectivity index (χ1) is 6.57. The Kier molecular flexibility index (Phi) is 3.69. The number of nitrogens with zero attached hydrogens (tertiary/aromatic N) is 2. The molecule has 0 radical (unpaired) electrons. The van der Waals surface area contributed by atoms with Gasteiger partial charge >= 0.3 is 0 Å². The third-order valence-corrected chi connectivity index (χ3v) is 3.07. The van der Waals surface area contributed by atoms with E-state index in [0.717, 1.165) is 5.69 Å². The van der Waals surface area contributed by atoms with E-state index in [0.29, 0.717) is 12.0 Å². The summed E-state index contributed by atoms with van der Waals surface area (Å²) in [5, 5.41) is 0. The van der Waals surface area contributed by atoms with Crippen molar-refractivity contribution in [2.75, 3.05) is 0 Å². The Morgan fingerprint density at radius 3 is 2.57 bits per heavy atom. The zero-order valence-corrected chi connectivity index (χ0v) is 9.57. The molecule has 2 unspecified atom stereocenters. The maximum Gasteiger partial charge on any atom is 0.0951 e. The second-order valence-corrected chi connectivity index (χ2v) is 4.14. The number of hydrogen-bond acceptors (Lipinski definition) is 2. The van der Waals surface area contributed by atoms with Crippen molar-refractivity contribution in [2.45, 2.75) is 46.2 Å². The van der Waals surface area contributed by atoms with E-state index in [-0.39, 0.29) is 6.04 Å². The molecule has 3 heteroatoms. The van der Waals surface area contributed by atoms with Crippen molar-refractivity contribution < 1.29 is 0 Å². The average Bonchev–Trinajstić information content (AvgIpc) is 2.63. The van der Waals surface area contributed by atoms with E-state index in [1.165, 1.54) is 6.42 Å². The van der Waals surface area contributed by atoms with Crippen molar-refractivity contribution in [3.05, 3.63) is 18.2 Å². The summed E-state index contributed by atoms with van der Waals surface area (Å²) in [5.74, 6) is 0.654. The lowest BCUT2D eigenvalue weighted by atomic mass is 10.0. The largest absolute Gasteiger partial charge is 0.330 e. The molecule has 2 N–H and O–H groups in total. The van der Waals surface area contributed by atoms with Crippen molar-refractivity contribution in [1.82, 2.24) is 9.55 Å². The third kappa shape index (κ3) is 2.15. The van der Waals surface area contributed by atoms with Crippen LogP contribution in [0.25, 0.3) is 0 Å². The monoisotopic (exact) mass is 195 g/mol. The highest BCUT2D eigenvalue weighted by Gasteiger charge is 2.16. The lowest BCUT2D eigenvalue weighted by Gasteiger charge is -2.23. The van der Waals surface area contributed by atoms with Gasteiger partial charge in [-0.3, -0.25) is 0 Å². The van der Waals surface area contributed by atoms with Gasteiger partial charge in [-0.2, -0.15) is 0 Å². The van der Waals surface area contributed by atoms with Crippen molar-refractivity contribution in [2.24, 2.45) is 11.7 Å². The fourth-order valence-electron chi connectivity index (χ4n) is 1.62. The Balaban J connectivity index is 2.89. The molecule has 0 saturated heterocycles. The molecule has 3 atom stereocenters. The predicted octanol–water partition coefficient (Wildman–Crippen LogP) is 2.51. The van der Waals surface area contributed by atoms with Gasteiger partial charge < -0.3 is 10.3 Å². The van der Waals surface area contributed by atoms with Gasteiger partial charge in [0.15, 0.2) is 0 Å². The van der Waals surface area contributed by atoms with Gasteiger partial charge in [0.25, 0.3) is 0 Å². The highest BCUT2D eigenvalue weighted by Crippen LogP contribution is 2.23. The van der Waals surface area contributed by atoms with Crippen LogP contribution in [0.4, 0.5) is 0 Å². The zero-order chi connectivity index (χ0) is 10.7. The highest BCUT2D eigenvalue weighted by molar-refractivity contribution is 5.04. The molecular weight excluding hydrogens is 174 g/mol. The van der Waals surface area contributed by atoms with Crippen molar-refractivity contribution in [3.63, 3.8) is 0 Å². The predicted molar refractivity (Wildman–Crippen MR) is 59.0 cm³/mol. The van der Waals surface area contributed by atoms with E-state index in [1.54, 1.807) is 0 Å². The molecule has 14 heavy (non-hydrogen) atoms. The Morgan fingerprint density at radius 2 is 2.07 bits per heavy atom. The molecule has 0 spiro atoms. The minimum Gasteiger partial charge on any atom is -0.330 e. The maximum atomic E-state index is 5.88. The smallest absolute Gasteiger partial charge is 0.0951 e. The third-order valence-electron chi connectivity index (χ3n) is 3.07. The molecule has 1 rings (SSSR count). The number of hydrogen-bond donors (Lipinski definition) is 1. The first-order valence-corrected chi connectivity index (χ1v) is 5.35. The summed E-state index contributed by atoms with van der Waals surface area (Å²) in [6, 6.07) is 0.535. The maximum absolute atomic E-state index is 5.88. The summed E-state index contributed by atoms with van der Waals surface area (Å²) in [4.78, 5) is 4.16. The van der Waals surface area contributed by atoms with Crippen molar-refractivity contribution in [1.29, 1.82) is 0 Å². The second-order valence-electron chi connectivity index (χ2n) is 4.14. The van der Waals surface area contributed by atoms with Crippen LogP contribution in [0.2, 0.25) is 0 Å².